The lowest BCUT2D eigenvalue weighted by atomic mass is 9.81. The highest BCUT2D eigenvalue weighted by Crippen LogP contribution is 2.34. The normalized spacial score (nSPS) is 16.0. The number of hydrogen-bond donors (Lipinski definition) is 3. The maximum atomic E-state index is 11.1. The van der Waals surface area contributed by atoms with Crippen molar-refractivity contribution in [3.05, 3.63) is 42.0 Å². The number of carboxylic acids is 1. The topological polar surface area (TPSA) is 92.8 Å². The van der Waals surface area contributed by atoms with Gasteiger partial charge in [0, 0.05) is 6.04 Å². The molecule has 5 heteroatoms. The first-order chi connectivity index (χ1) is 13.9. The van der Waals surface area contributed by atoms with E-state index in [0.29, 0.717) is 18.9 Å². The van der Waals surface area contributed by atoms with Gasteiger partial charge in [-0.3, -0.25) is 4.79 Å². The van der Waals surface area contributed by atoms with Crippen LogP contribution in [0.5, 0.6) is 5.75 Å². The van der Waals surface area contributed by atoms with E-state index >= 15 is 0 Å². The molecular weight excluding hydrogens is 378 g/mol. The Balaban J connectivity index is 2.97. The predicted molar refractivity (Wildman–Crippen MR) is 123 cm³/mol. The standard InChI is InChI=1S/C25H41NO4/c1-8-11-30-23-14-18(9-10-20(23)25(5,6)7)13-19(16(2)3)15-21(26)22(27)12-17(4)24(28)29/h8-10,14,16-17,19,21-22,27H,1,11-13,15,26H2,2-7H3,(H,28,29). The molecule has 0 saturated carbocycles. The summed E-state index contributed by atoms with van der Waals surface area (Å²) >= 11 is 0. The minimum Gasteiger partial charge on any atom is -0.489 e. The summed E-state index contributed by atoms with van der Waals surface area (Å²) in [4.78, 5) is 11.1. The van der Waals surface area contributed by atoms with Gasteiger partial charge in [-0.25, -0.2) is 0 Å². The van der Waals surface area contributed by atoms with Crippen molar-refractivity contribution >= 4 is 5.97 Å². The lowest BCUT2D eigenvalue weighted by Gasteiger charge is -2.28. The third-order valence-electron chi connectivity index (χ3n) is 5.74. The Kier molecular flexibility index (Phi) is 10.1. The largest absolute Gasteiger partial charge is 0.489 e. The van der Waals surface area contributed by atoms with Crippen LogP contribution < -0.4 is 10.5 Å². The number of carbonyl (C=O) groups is 1. The molecule has 4 N–H and O–H groups in total. The van der Waals surface area contributed by atoms with E-state index in [-0.39, 0.29) is 17.8 Å². The third kappa shape index (κ3) is 8.11. The molecule has 0 heterocycles. The van der Waals surface area contributed by atoms with Crippen LogP contribution >= 0.6 is 0 Å². The van der Waals surface area contributed by atoms with Gasteiger partial charge in [0.15, 0.2) is 0 Å². The summed E-state index contributed by atoms with van der Waals surface area (Å²) < 4.78 is 5.94. The Bertz CT molecular complexity index is 693. The highest BCUT2D eigenvalue weighted by molar-refractivity contribution is 5.69. The SMILES string of the molecule is C=CCOc1cc(CC(CC(N)C(O)CC(C)C(=O)O)C(C)C)ccc1C(C)(C)C. The fourth-order valence-electron chi connectivity index (χ4n) is 3.62. The minimum atomic E-state index is -0.910. The highest BCUT2D eigenvalue weighted by atomic mass is 16.5. The molecule has 4 atom stereocenters. The molecule has 0 amide bonds. The summed E-state index contributed by atoms with van der Waals surface area (Å²) in [5, 5.41) is 19.5. The summed E-state index contributed by atoms with van der Waals surface area (Å²) in [5.74, 6) is -0.00441. The van der Waals surface area contributed by atoms with E-state index in [1.54, 1.807) is 13.0 Å². The summed E-state index contributed by atoms with van der Waals surface area (Å²) in [6.45, 7) is 16.6. The fraction of sp³-hybridized carbons (Fsp3) is 0.640. The molecule has 0 bridgehead atoms. The molecule has 5 nitrogen and oxygen atoms in total. The maximum Gasteiger partial charge on any atom is 0.306 e. The van der Waals surface area contributed by atoms with Crippen molar-refractivity contribution in [3.8, 4) is 5.75 Å². The Morgan fingerprint density at radius 2 is 1.87 bits per heavy atom. The smallest absolute Gasteiger partial charge is 0.306 e. The Hall–Kier alpha value is -1.85. The monoisotopic (exact) mass is 419 g/mol. The number of benzene rings is 1. The van der Waals surface area contributed by atoms with E-state index in [4.69, 9.17) is 15.6 Å². The van der Waals surface area contributed by atoms with Crippen LogP contribution in [0, 0.1) is 17.8 Å². The van der Waals surface area contributed by atoms with Crippen molar-refractivity contribution in [3.63, 3.8) is 0 Å². The van der Waals surface area contributed by atoms with Crippen LogP contribution in [-0.2, 0) is 16.6 Å². The van der Waals surface area contributed by atoms with Gasteiger partial charge in [0.1, 0.15) is 12.4 Å². The predicted octanol–water partition coefficient (Wildman–Crippen LogP) is 4.55. The molecule has 0 aliphatic rings. The van der Waals surface area contributed by atoms with Crippen LogP contribution in [0.2, 0.25) is 0 Å². The molecule has 170 valence electrons. The van der Waals surface area contributed by atoms with Gasteiger partial charge in [0.25, 0.3) is 0 Å². The van der Waals surface area contributed by atoms with Gasteiger partial charge in [-0.1, -0.05) is 66.3 Å². The second-order valence-electron chi connectivity index (χ2n) is 9.83. The number of aliphatic hydroxyl groups excluding tert-OH is 1. The Labute approximate surface area is 182 Å². The zero-order valence-corrected chi connectivity index (χ0v) is 19.5. The molecule has 0 spiro atoms. The first-order valence-corrected chi connectivity index (χ1v) is 10.9. The first kappa shape index (κ1) is 26.2. The zero-order chi connectivity index (χ0) is 23.1. The van der Waals surface area contributed by atoms with Gasteiger partial charge in [-0.05, 0) is 53.7 Å². The van der Waals surface area contributed by atoms with Crippen molar-refractivity contribution in [1.29, 1.82) is 0 Å². The quantitative estimate of drug-likeness (QED) is 0.432. The number of aliphatic hydroxyl groups is 1. The molecule has 0 saturated heterocycles. The highest BCUT2D eigenvalue weighted by Gasteiger charge is 2.26. The van der Waals surface area contributed by atoms with Crippen molar-refractivity contribution in [2.75, 3.05) is 6.61 Å². The van der Waals surface area contributed by atoms with Crippen LogP contribution in [0.3, 0.4) is 0 Å². The number of hydrogen-bond acceptors (Lipinski definition) is 4. The van der Waals surface area contributed by atoms with Crippen LogP contribution in [0.4, 0.5) is 0 Å². The van der Waals surface area contributed by atoms with E-state index < -0.39 is 24.0 Å². The first-order valence-electron chi connectivity index (χ1n) is 10.9. The number of aliphatic carboxylic acids is 1. The molecule has 0 aliphatic heterocycles. The second-order valence-corrected chi connectivity index (χ2v) is 9.83. The molecule has 0 radical (unpaired) electrons. The van der Waals surface area contributed by atoms with Gasteiger partial charge in [-0.2, -0.15) is 0 Å². The van der Waals surface area contributed by atoms with E-state index in [0.717, 1.165) is 17.7 Å². The number of nitrogens with two attached hydrogens (primary N) is 1. The fourth-order valence-corrected chi connectivity index (χ4v) is 3.62. The molecule has 4 unspecified atom stereocenters. The third-order valence-corrected chi connectivity index (χ3v) is 5.74. The molecule has 1 aromatic carbocycles. The maximum absolute atomic E-state index is 11.1. The molecule has 0 fully saturated rings. The number of ether oxygens (including phenoxy) is 1. The van der Waals surface area contributed by atoms with Crippen LogP contribution in [0.1, 0.15) is 65.5 Å². The summed E-state index contributed by atoms with van der Waals surface area (Å²) in [6, 6.07) is 5.93. The lowest BCUT2D eigenvalue weighted by Crippen LogP contribution is -2.39. The van der Waals surface area contributed by atoms with Crippen molar-refractivity contribution in [2.45, 2.75) is 78.4 Å². The zero-order valence-electron chi connectivity index (χ0n) is 19.5. The minimum absolute atomic E-state index is 0.0280. The molecule has 0 aromatic heterocycles. The van der Waals surface area contributed by atoms with Gasteiger partial charge in [0.05, 0.1) is 12.0 Å². The summed E-state index contributed by atoms with van der Waals surface area (Å²) in [6.07, 6.45) is 2.54. The second kappa shape index (κ2) is 11.5. The van der Waals surface area contributed by atoms with E-state index in [1.807, 2.05) is 0 Å². The molecule has 0 aliphatic carbocycles. The summed E-state index contributed by atoms with van der Waals surface area (Å²) in [5.41, 5.74) is 8.55. The Morgan fingerprint density at radius 1 is 1.23 bits per heavy atom. The molecule has 1 aromatic rings. The van der Waals surface area contributed by atoms with Gasteiger partial charge in [0.2, 0.25) is 0 Å². The summed E-state index contributed by atoms with van der Waals surface area (Å²) in [7, 11) is 0. The van der Waals surface area contributed by atoms with Gasteiger partial charge >= 0.3 is 5.97 Å². The van der Waals surface area contributed by atoms with Crippen molar-refractivity contribution in [1.82, 2.24) is 0 Å². The molecular formula is C25H41NO4. The Morgan fingerprint density at radius 3 is 2.37 bits per heavy atom. The van der Waals surface area contributed by atoms with Crippen LogP contribution in [0.15, 0.2) is 30.9 Å². The average Bonchev–Trinajstić information content (AvgIpc) is 2.64. The van der Waals surface area contributed by atoms with Crippen molar-refractivity contribution in [2.24, 2.45) is 23.5 Å². The lowest BCUT2D eigenvalue weighted by molar-refractivity contribution is -0.142. The average molecular weight is 420 g/mol. The number of carboxylic acid groups (broad SMARTS) is 1. The van der Waals surface area contributed by atoms with E-state index in [2.05, 4.69) is 59.4 Å². The molecule has 30 heavy (non-hydrogen) atoms. The van der Waals surface area contributed by atoms with E-state index in [1.165, 1.54) is 5.56 Å². The van der Waals surface area contributed by atoms with Crippen molar-refractivity contribution < 1.29 is 19.7 Å². The van der Waals surface area contributed by atoms with E-state index in [9.17, 15) is 9.90 Å². The number of rotatable bonds is 12. The van der Waals surface area contributed by atoms with Crippen LogP contribution in [0.25, 0.3) is 0 Å². The van der Waals surface area contributed by atoms with Gasteiger partial charge < -0.3 is 20.7 Å². The van der Waals surface area contributed by atoms with Crippen LogP contribution in [-0.4, -0.2) is 34.9 Å². The molecule has 1 rings (SSSR count). The van der Waals surface area contributed by atoms with Gasteiger partial charge in [-0.15, -0.1) is 0 Å².